The van der Waals surface area contributed by atoms with Crippen LogP contribution in [0.2, 0.25) is 0 Å². The van der Waals surface area contributed by atoms with Crippen molar-refractivity contribution in [2.45, 2.75) is 36.5 Å². The smallest absolute Gasteiger partial charge is 0.270 e. The molecule has 0 aromatic carbocycles. The Hall–Kier alpha value is -0.630. The molecule has 1 saturated heterocycles. The van der Waals surface area contributed by atoms with Gasteiger partial charge in [-0.25, -0.2) is 8.42 Å². The number of piperidine rings is 1. The minimum Gasteiger partial charge on any atom is -0.377 e. The lowest BCUT2D eigenvalue weighted by Gasteiger charge is -2.32. The maximum atomic E-state index is 12.3. The summed E-state index contributed by atoms with van der Waals surface area (Å²) in [6, 6.07) is 3.08. The van der Waals surface area contributed by atoms with Crippen molar-refractivity contribution >= 4 is 37.0 Å². The number of hydrogen-bond donors (Lipinski definition) is 0. The number of nitrogens with zero attached hydrogens (tertiary/aromatic N) is 1. The van der Waals surface area contributed by atoms with E-state index in [2.05, 4.69) is 0 Å². The minimum atomic E-state index is -3.71. The van der Waals surface area contributed by atoms with Gasteiger partial charge in [-0.15, -0.1) is 11.3 Å². The Bertz CT molecular complexity index is 597. The molecule has 1 amide bonds. The van der Waals surface area contributed by atoms with E-state index >= 15 is 0 Å². The maximum Gasteiger partial charge on any atom is 0.270 e. The van der Waals surface area contributed by atoms with Crippen LogP contribution < -0.4 is 0 Å². The Morgan fingerprint density at radius 1 is 1.52 bits per heavy atom. The van der Waals surface area contributed by atoms with Gasteiger partial charge in [0.15, 0.2) is 0 Å². The summed E-state index contributed by atoms with van der Waals surface area (Å²) in [6.07, 6.45) is 2.22. The van der Waals surface area contributed by atoms with E-state index in [-0.39, 0.29) is 22.6 Å². The van der Waals surface area contributed by atoms with Gasteiger partial charge in [-0.2, -0.15) is 0 Å². The van der Waals surface area contributed by atoms with Gasteiger partial charge in [0.2, 0.25) is 5.91 Å². The third-order valence-electron chi connectivity index (χ3n) is 3.34. The van der Waals surface area contributed by atoms with E-state index in [0.29, 0.717) is 18.0 Å². The van der Waals surface area contributed by atoms with Crippen molar-refractivity contribution in [3.8, 4) is 0 Å². The SMILES string of the molecule is CCOC1CCCN(C(=O)Cc2ccc(S(=O)(=O)Cl)s2)C1. The molecule has 21 heavy (non-hydrogen) atoms. The lowest BCUT2D eigenvalue weighted by atomic mass is 10.1. The fourth-order valence-electron chi connectivity index (χ4n) is 2.38. The zero-order valence-corrected chi connectivity index (χ0v) is 14.1. The Morgan fingerprint density at radius 3 is 2.90 bits per heavy atom. The fraction of sp³-hybridized carbons (Fsp3) is 0.615. The van der Waals surface area contributed by atoms with Crippen molar-refractivity contribution < 1.29 is 17.9 Å². The normalized spacial score (nSPS) is 19.7. The first kappa shape index (κ1) is 16.7. The second-order valence-electron chi connectivity index (χ2n) is 4.89. The van der Waals surface area contributed by atoms with Gasteiger partial charge in [-0.3, -0.25) is 4.79 Å². The molecule has 1 aromatic heterocycles. The molecule has 1 fully saturated rings. The lowest BCUT2D eigenvalue weighted by Crippen LogP contribution is -2.43. The summed E-state index contributed by atoms with van der Waals surface area (Å²) in [5, 5.41) is 0. The Morgan fingerprint density at radius 2 is 2.29 bits per heavy atom. The van der Waals surface area contributed by atoms with E-state index < -0.39 is 9.05 Å². The molecule has 0 spiro atoms. The number of ether oxygens (including phenoxy) is 1. The van der Waals surface area contributed by atoms with Crippen LogP contribution >= 0.6 is 22.0 Å². The van der Waals surface area contributed by atoms with Gasteiger partial charge in [0, 0.05) is 35.3 Å². The second kappa shape index (κ2) is 7.09. The predicted octanol–water partition coefficient (Wildman–Crippen LogP) is 2.25. The molecule has 0 saturated carbocycles. The van der Waals surface area contributed by atoms with Gasteiger partial charge >= 0.3 is 0 Å². The molecule has 0 N–H and O–H groups in total. The average molecular weight is 352 g/mol. The quantitative estimate of drug-likeness (QED) is 0.763. The first-order valence-electron chi connectivity index (χ1n) is 6.83. The molecule has 0 radical (unpaired) electrons. The number of carbonyl (C=O) groups excluding carboxylic acids is 1. The highest BCUT2D eigenvalue weighted by Crippen LogP contribution is 2.25. The van der Waals surface area contributed by atoms with Crippen molar-refractivity contribution in [1.82, 2.24) is 4.90 Å². The monoisotopic (exact) mass is 351 g/mol. The van der Waals surface area contributed by atoms with Crippen LogP contribution in [0.25, 0.3) is 0 Å². The maximum absolute atomic E-state index is 12.3. The topological polar surface area (TPSA) is 63.7 Å². The first-order valence-corrected chi connectivity index (χ1v) is 9.95. The molecular formula is C13H18ClNO4S2. The molecule has 2 heterocycles. The molecule has 8 heteroatoms. The Labute approximate surface area is 133 Å². The van der Waals surface area contributed by atoms with Gasteiger partial charge in [0.25, 0.3) is 9.05 Å². The van der Waals surface area contributed by atoms with E-state index in [1.165, 1.54) is 6.07 Å². The van der Waals surface area contributed by atoms with E-state index in [4.69, 9.17) is 15.4 Å². The number of hydrogen-bond acceptors (Lipinski definition) is 5. The number of thiophene rings is 1. The predicted molar refractivity (Wildman–Crippen MR) is 82.3 cm³/mol. The summed E-state index contributed by atoms with van der Waals surface area (Å²) >= 11 is 1.04. The number of rotatable bonds is 5. The standard InChI is InChI=1S/C13H18ClNO4S2/c1-2-19-10-4-3-7-15(9-10)12(16)8-11-5-6-13(20-11)21(14,17)18/h5-6,10H,2-4,7-9H2,1H3. The van der Waals surface area contributed by atoms with Crippen molar-refractivity contribution in [3.63, 3.8) is 0 Å². The largest absolute Gasteiger partial charge is 0.377 e. The van der Waals surface area contributed by atoms with Gasteiger partial charge < -0.3 is 9.64 Å². The Kier molecular flexibility index (Phi) is 5.65. The average Bonchev–Trinajstić information content (AvgIpc) is 2.88. The third-order valence-corrected chi connectivity index (χ3v) is 6.51. The van der Waals surface area contributed by atoms with E-state index in [1.54, 1.807) is 11.0 Å². The summed E-state index contributed by atoms with van der Waals surface area (Å²) in [7, 11) is 1.57. The minimum absolute atomic E-state index is 0.000210. The molecule has 118 valence electrons. The highest BCUT2D eigenvalue weighted by Gasteiger charge is 2.24. The molecule has 2 rings (SSSR count). The van der Waals surface area contributed by atoms with Gasteiger partial charge in [0.05, 0.1) is 12.5 Å². The Balaban J connectivity index is 1.96. The van der Waals surface area contributed by atoms with Crippen molar-refractivity contribution in [2.24, 2.45) is 0 Å². The molecule has 1 aliphatic heterocycles. The molecule has 1 aromatic rings. The zero-order chi connectivity index (χ0) is 15.5. The van der Waals surface area contributed by atoms with E-state index in [0.717, 1.165) is 30.7 Å². The number of amides is 1. The van der Waals surface area contributed by atoms with Crippen LogP contribution in [0.4, 0.5) is 0 Å². The summed E-state index contributed by atoms with van der Waals surface area (Å²) in [6.45, 7) is 3.93. The van der Waals surface area contributed by atoms with Gasteiger partial charge in [0.1, 0.15) is 4.21 Å². The molecule has 0 aliphatic carbocycles. The highest BCUT2D eigenvalue weighted by molar-refractivity contribution is 8.15. The van der Waals surface area contributed by atoms with Crippen LogP contribution in [0, 0.1) is 0 Å². The molecular weight excluding hydrogens is 334 g/mol. The van der Waals surface area contributed by atoms with Crippen molar-refractivity contribution in [1.29, 1.82) is 0 Å². The lowest BCUT2D eigenvalue weighted by molar-refractivity contribution is -0.134. The molecule has 1 atom stereocenters. The van der Waals surface area contributed by atoms with Crippen LogP contribution in [0.3, 0.4) is 0 Å². The summed E-state index contributed by atoms with van der Waals surface area (Å²) in [5.41, 5.74) is 0. The molecule has 1 aliphatic rings. The van der Waals surface area contributed by atoms with E-state index in [9.17, 15) is 13.2 Å². The fourth-order valence-corrected chi connectivity index (χ4v) is 4.50. The van der Waals surface area contributed by atoms with Crippen LogP contribution in [-0.4, -0.2) is 45.0 Å². The molecule has 1 unspecified atom stereocenters. The first-order chi connectivity index (χ1) is 9.90. The summed E-state index contributed by atoms with van der Waals surface area (Å²) in [5.74, 6) is -0.000210. The third kappa shape index (κ3) is 4.67. The number of halogens is 1. The molecule has 0 bridgehead atoms. The van der Waals surface area contributed by atoms with Crippen LogP contribution in [0.5, 0.6) is 0 Å². The zero-order valence-electron chi connectivity index (χ0n) is 11.7. The van der Waals surface area contributed by atoms with Crippen LogP contribution in [-0.2, 0) is 25.0 Å². The summed E-state index contributed by atoms with van der Waals surface area (Å²) in [4.78, 5) is 14.8. The van der Waals surface area contributed by atoms with Crippen LogP contribution in [0.1, 0.15) is 24.6 Å². The van der Waals surface area contributed by atoms with Crippen molar-refractivity contribution in [3.05, 3.63) is 17.0 Å². The van der Waals surface area contributed by atoms with Crippen molar-refractivity contribution in [2.75, 3.05) is 19.7 Å². The van der Waals surface area contributed by atoms with Gasteiger partial charge in [-0.1, -0.05) is 0 Å². The highest BCUT2D eigenvalue weighted by atomic mass is 35.7. The summed E-state index contributed by atoms with van der Waals surface area (Å²) < 4.78 is 28.1. The number of carbonyl (C=O) groups is 1. The second-order valence-corrected chi connectivity index (χ2v) is 8.86. The van der Waals surface area contributed by atoms with Crippen LogP contribution in [0.15, 0.2) is 16.3 Å². The molecule has 5 nitrogen and oxygen atoms in total. The van der Waals surface area contributed by atoms with E-state index in [1.807, 2.05) is 6.92 Å². The van der Waals surface area contributed by atoms with Gasteiger partial charge in [-0.05, 0) is 31.9 Å². The number of likely N-dealkylation sites (tertiary alicyclic amines) is 1.